The van der Waals surface area contributed by atoms with Crippen LogP contribution in [-0.4, -0.2) is 60.3 Å². The van der Waals surface area contributed by atoms with E-state index in [0.717, 1.165) is 0 Å². The molecule has 0 saturated carbocycles. The maximum Gasteiger partial charge on any atom is 0.408 e. The molecular weight excluding hydrogens is 320 g/mol. The van der Waals surface area contributed by atoms with E-state index in [1.54, 1.807) is 41.5 Å². The topological polar surface area (TPSA) is 123 Å². The van der Waals surface area contributed by atoms with Gasteiger partial charge in [0.2, 0.25) is 0 Å². The van der Waals surface area contributed by atoms with Crippen molar-refractivity contribution in [2.24, 2.45) is 0 Å². The molecule has 0 rings (SSSR count). The van der Waals surface area contributed by atoms with Crippen molar-refractivity contribution in [1.29, 1.82) is 0 Å². The van der Waals surface area contributed by atoms with Crippen LogP contribution in [0.4, 0.5) is 9.59 Å². The third-order valence-corrected chi connectivity index (χ3v) is 2.19. The summed E-state index contributed by atoms with van der Waals surface area (Å²) >= 11 is 0. The van der Waals surface area contributed by atoms with Gasteiger partial charge in [0.05, 0.1) is 13.2 Å². The lowest BCUT2D eigenvalue weighted by Gasteiger charge is -2.22. The van der Waals surface area contributed by atoms with Crippen LogP contribution in [0.3, 0.4) is 0 Å². The second-order valence-corrected chi connectivity index (χ2v) is 7.04. The van der Waals surface area contributed by atoms with E-state index in [-0.39, 0.29) is 19.8 Å². The molecule has 0 aliphatic carbocycles. The van der Waals surface area contributed by atoms with Gasteiger partial charge >= 0.3 is 18.2 Å². The summed E-state index contributed by atoms with van der Waals surface area (Å²) in [6.45, 7) is 10.2. The molecule has 3 N–H and O–H groups in total. The van der Waals surface area contributed by atoms with Crippen LogP contribution in [-0.2, 0) is 19.0 Å². The predicted molar refractivity (Wildman–Crippen MR) is 85.8 cm³/mol. The van der Waals surface area contributed by atoms with Crippen molar-refractivity contribution in [2.75, 3.05) is 19.8 Å². The minimum absolute atomic E-state index is 0.0685. The molecule has 0 heterocycles. The lowest BCUT2D eigenvalue weighted by Crippen LogP contribution is -2.46. The summed E-state index contributed by atoms with van der Waals surface area (Å²) in [5, 5.41) is 13.7. The van der Waals surface area contributed by atoms with E-state index in [2.05, 4.69) is 10.6 Å². The molecule has 0 bridgehead atoms. The van der Waals surface area contributed by atoms with Gasteiger partial charge in [0, 0.05) is 6.54 Å². The fourth-order valence-corrected chi connectivity index (χ4v) is 1.37. The second-order valence-electron chi connectivity index (χ2n) is 7.04. The highest BCUT2D eigenvalue weighted by atomic mass is 16.6. The number of aliphatic carboxylic acids is 1. The summed E-state index contributed by atoms with van der Waals surface area (Å²) in [7, 11) is 0. The standard InChI is InChI=1S/C15H28N2O7/c1-14(2,3)23-12(20)16-7-8-22-9-10(11(18)19)17-13(21)24-15(4,5)6/h10H,7-9H2,1-6H3,(H,16,20)(H,17,21)(H,18,19)/t10-/m0/s1. The molecule has 0 fully saturated rings. The molecule has 2 amide bonds. The molecule has 9 heteroatoms. The minimum atomic E-state index is -1.25. The molecule has 1 atom stereocenters. The summed E-state index contributed by atoms with van der Waals surface area (Å²) in [5.74, 6) is -1.25. The SMILES string of the molecule is CC(C)(C)OC(=O)NCCOC[C@H](NC(=O)OC(C)(C)C)C(=O)O. The molecule has 0 unspecified atom stereocenters. The Kier molecular flexibility index (Phi) is 8.52. The molecule has 9 nitrogen and oxygen atoms in total. The van der Waals surface area contributed by atoms with E-state index in [4.69, 9.17) is 19.3 Å². The van der Waals surface area contributed by atoms with Crippen LogP contribution in [0.2, 0.25) is 0 Å². The molecule has 0 aliphatic heterocycles. The van der Waals surface area contributed by atoms with Crippen molar-refractivity contribution in [3.63, 3.8) is 0 Å². The number of carboxylic acid groups (broad SMARTS) is 1. The molecular formula is C15H28N2O7. The van der Waals surface area contributed by atoms with E-state index < -0.39 is 35.4 Å². The fourth-order valence-electron chi connectivity index (χ4n) is 1.37. The second kappa shape index (κ2) is 9.31. The van der Waals surface area contributed by atoms with Gasteiger partial charge in [-0.3, -0.25) is 0 Å². The van der Waals surface area contributed by atoms with Gasteiger partial charge in [0.15, 0.2) is 6.04 Å². The first-order chi connectivity index (χ1) is 10.8. The molecule has 0 aromatic carbocycles. The molecule has 0 aliphatic rings. The lowest BCUT2D eigenvalue weighted by molar-refractivity contribution is -0.141. The monoisotopic (exact) mass is 348 g/mol. The average molecular weight is 348 g/mol. The Hall–Kier alpha value is -2.03. The number of rotatable bonds is 7. The lowest BCUT2D eigenvalue weighted by atomic mass is 10.2. The van der Waals surface area contributed by atoms with Crippen LogP contribution in [0.15, 0.2) is 0 Å². The van der Waals surface area contributed by atoms with Crippen molar-refractivity contribution in [1.82, 2.24) is 10.6 Å². The van der Waals surface area contributed by atoms with E-state index in [1.165, 1.54) is 0 Å². The number of hydrogen-bond donors (Lipinski definition) is 3. The highest BCUT2D eigenvalue weighted by Gasteiger charge is 2.24. The number of nitrogens with one attached hydrogen (secondary N) is 2. The number of carboxylic acids is 1. The van der Waals surface area contributed by atoms with Crippen molar-refractivity contribution in [2.45, 2.75) is 58.8 Å². The molecule has 0 radical (unpaired) electrons. The zero-order valence-electron chi connectivity index (χ0n) is 15.1. The van der Waals surface area contributed by atoms with Crippen LogP contribution >= 0.6 is 0 Å². The number of carbonyl (C=O) groups is 3. The van der Waals surface area contributed by atoms with Crippen LogP contribution in [0, 0.1) is 0 Å². The quantitative estimate of drug-likeness (QED) is 0.596. The van der Waals surface area contributed by atoms with E-state index in [1.807, 2.05) is 0 Å². The first-order valence-electron chi connectivity index (χ1n) is 7.57. The summed E-state index contributed by atoms with van der Waals surface area (Å²) in [6.07, 6.45) is -1.43. The van der Waals surface area contributed by atoms with E-state index in [0.29, 0.717) is 0 Å². The summed E-state index contributed by atoms with van der Waals surface area (Å²) in [6, 6.07) is -1.25. The summed E-state index contributed by atoms with van der Waals surface area (Å²) < 4.78 is 15.2. The van der Waals surface area contributed by atoms with Gasteiger partial charge in [-0.25, -0.2) is 14.4 Å². The maximum absolute atomic E-state index is 11.6. The van der Waals surface area contributed by atoms with Crippen molar-refractivity contribution in [3.05, 3.63) is 0 Å². The molecule has 0 aromatic heterocycles. The summed E-state index contributed by atoms with van der Waals surface area (Å²) in [4.78, 5) is 34.0. The number of amides is 2. The minimum Gasteiger partial charge on any atom is -0.480 e. The Morgan fingerprint density at radius 3 is 1.92 bits per heavy atom. The Bertz CT molecular complexity index is 438. The third-order valence-electron chi connectivity index (χ3n) is 2.19. The first-order valence-corrected chi connectivity index (χ1v) is 7.57. The van der Waals surface area contributed by atoms with Crippen LogP contribution in [0.25, 0.3) is 0 Å². The van der Waals surface area contributed by atoms with Crippen molar-refractivity contribution >= 4 is 18.2 Å². The van der Waals surface area contributed by atoms with Gasteiger partial charge in [0.1, 0.15) is 11.2 Å². The number of carbonyl (C=O) groups excluding carboxylic acids is 2. The van der Waals surface area contributed by atoms with Crippen LogP contribution < -0.4 is 10.6 Å². The summed E-state index contributed by atoms with van der Waals surface area (Å²) in [5.41, 5.74) is -1.33. The van der Waals surface area contributed by atoms with Gasteiger partial charge in [-0.1, -0.05) is 0 Å². The smallest absolute Gasteiger partial charge is 0.408 e. The number of ether oxygens (including phenoxy) is 3. The normalized spacial score (nSPS) is 12.9. The van der Waals surface area contributed by atoms with E-state index >= 15 is 0 Å². The largest absolute Gasteiger partial charge is 0.480 e. The van der Waals surface area contributed by atoms with Crippen molar-refractivity contribution < 1.29 is 33.7 Å². The first kappa shape index (κ1) is 22.0. The van der Waals surface area contributed by atoms with Gasteiger partial charge in [-0.15, -0.1) is 0 Å². The molecule has 24 heavy (non-hydrogen) atoms. The molecule has 0 spiro atoms. The van der Waals surface area contributed by atoms with E-state index in [9.17, 15) is 14.4 Å². The predicted octanol–water partition coefficient (Wildman–Crippen LogP) is 1.51. The Morgan fingerprint density at radius 2 is 1.46 bits per heavy atom. The van der Waals surface area contributed by atoms with Crippen LogP contribution in [0.1, 0.15) is 41.5 Å². The highest BCUT2D eigenvalue weighted by molar-refractivity contribution is 5.80. The molecule has 140 valence electrons. The number of hydrogen-bond acceptors (Lipinski definition) is 6. The molecule has 0 aromatic rings. The molecule has 0 saturated heterocycles. The maximum atomic E-state index is 11.6. The van der Waals surface area contributed by atoms with Crippen molar-refractivity contribution in [3.8, 4) is 0 Å². The Balaban J connectivity index is 4.09. The highest BCUT2D eigenvalue weighted by Crippen LogP contribution is 2.07. The Morgan fingerprint density at radius 1 is 0.958 bits per heavy atom. The fraction of sp³-hybridized carbons (Fsp3) is 0.800. The van der Waals surface area contributed by atoms with Gasteiger partial charge < -0.3 is 30.0 Å². The Labute approximate surface area is 142 Å². The average Bonchev–Trinajstić information content (AvgIpc) is 2.32. The van der Waals surface area contributed by atoms with Gasteiger partial charge in [-0.2, -0.15) is 0 Å². The van der Waals surface area contributed by atoms with Gasteiger partial charge in [-0.05, 0) is 41.5 Å². The van der Waals surface area contributed by atoms with Gasteiger partial charge in [0.25, 0.3) is 0 Å². The zero-order valence-corrected chi connectivity index (χ0v) is 15.1. The van der Waals surface area contributed by atoms with Crippen LogP contribution in [0.5, 0.6) is 0 Å². The number of alkyl carbamates (subject to hydrolysis) is 2. The third kappa shape index (κ3) is 12.5. The zero-order chi connectivity index (χ0) is 19.0.